The van der Waals surface area contributed by atoms with Crippen molar-refractivity contribution in [3.8, 4) is 5.69 Å². The van der Waals surface area contributed by atoms with E-state index in [1.54, 1.807) is 0 Å². The first-order valence-electron chi connectivity index (χ1n) is 6.29. The number of imidazole rings is 1. The lowest BCUT2D eigenvalue weighted by Gasteiger charge is -2.21. The first-order chi connectivity index (χ1) is 8.46. The molecule has 1 aromatic heterocycles. The van der Waals surface area contributed by atoms with Gasteiger partial charge in [0.05, 0.1) is 12.0 Å². The van der Waals surface area contributed by atoms with Gasteiger partial charge in [0.15, 0.2) is 0 Å². The summed E-state index contributed by atoms with van der Waals surface area (Å²) < 4.78 is 2.13. The van der Waals surface area contributed by atoms with E-state index in [0.29, 0.717) is 0 Å². The van der Waals surface area contributed by atoms with Crippen molar-refractivity contribution in [1.82, 2.24) is 14.9 Å². The van der Waals surface area contributed by atoms with Crippen molar-refractivity contribution in [1.29, 1.82) is 0 Å². The molecule has 0 atom stereocenters. The van der Waals surface area contributed by atoms with E-state index in [0.717, 1.165) is 6.54 Å². The second-order valence-corrected chi connectivity index (χ2v) is 5.70. The van der Waals surface area contributed by atoms with Gasteiger partial charge >= 0.3 is 0 Å². The lowest BCUT2D eigenvalue weighted by Crippen LogP contribution is -2.35. The second kappa shape index (κ2) is 4.94. The lowest BCUT2D eigenvalue weighted by molar-refractivity contribution is 0.419. The number of aromatic nitrogens is 2. The Labute approximate surface area is 109 Å². The molecular weight excluding hydrogens is 222 g/mol. The number of aryl methyl sites for hydroxylation is 1. The number of hydrogen-bond donors (Lipinski definition) is 1. The summed E-state index contributed by atoms with van der Waals surface area (Å²) in [5.41, 5.74) is 3.71. The number of benzene rings is 1. The average Bonchev–Trinajstić information content (AvgIpc) is 2.73. The summed E-state index contributed by atoms with van der Waals surface area (Å²) in [6, 6.07) is 8.46. The molecule has 0 aliphatic heterocycles. The fourth-order valence-electron chi connectivity index (χ4n) is 1.82. The average molecular weight is 243 g/mol. The Hall–Kier alpha value is -1.61. The molecule has 3 heteroatoms. The Morgan fingerprint density at radius 3 is 2.72 bits per heavy atom. The molecule has 3 nitrogen and oxygen atoms in total. The minimum absolute atomic E-state index is 0.113. The van der Waals surface area contributed by atoms with E-state index in [-0.39, 0.29) is 5.54 Å². The molecule has 0 saturated heterocycles. The van der Waals surface area contributed by atoms with Crippen molar-refractivity contribution in [3.05, 3.63) is 48.0 Å². The molecule has 1 heterocycles. The number of nitrogens with zero attached hydrogens (tertiary/aromatic N) is 2. The fraction of sp³-hybridized carbons (Fsp3) is 0.400. The van der Waals surface area contributed by atoms with Crippen LogP contribution >= 0.6 is 0 Å². The van der Waals surface area contributed by atoms with Crippen molar-refractivity contribution in [2.75, 3.05) is 0 Å². The summed E-state index contributed by atoms with van der Waals surface area (Å²) in [4.78, 5) is 4.25. The molecule has 96 valence electrons. The molecule has 1 N–H and O–H groups in total. The third kappa shape index (κ3) is 3.20. The molecule has 0 saturated carbocycles. The number of hydrogen-bond acceptors (Lipinski definition) is 2. The first kappa shape index (κ1) is 12.8. The summed E-state index contributed by atoms with van der Waals surface area (Å²) in [7, 11) is 0. The summed E-state index contributed by atoms with van der Waals surface area (Å²) in [5.74, 6) is 0. The van der Waals surface area contributed by atoms with Gasteiger partial charge in [-0.15, -0.1) is 0 Å². The van der Waals surface area contributed by atoms with Crippen LogP contribution in [0.25, 0.3) is 5.69 Å². The molecule has 0 aliphatic rings. The van der Waals surface area contributed by atoms with Crippen LogP contribution in [0.3, 0.4) is 0 Å². The molecular formula is C15H21N3. The van der Waals surface area contributed by atoms with Crippen LogP contribution in [0, 0.1) is 6.92 Å². The number of nitrogens with one attached hydrogen (secondary N) is 1. The van der Waals surface area contributed by atoms with Gasteiger partial charge in [-0.05, 0) is 45.4 Å². The van der Waals surface area contributed by atoms with E-state index < -0.39 is 0 Å². The molecule has 2 aromatic rings. The molecule has 18 heavy (non-hydrogen) atoms. The molecule has 0 aliphatic carbocycles. The van der Waals surface area contributed by atoms with Gasteiger partial charge in [-0.1, -0.05) is 12.1 Å². The van der Waals surface area contributed by atoms with E-state index in [9.17, 15) is 0 Å². The van der Waals surface area contributed by atoms with Crippen molar-refractivity contribution < 1.29 is 0 Å². The molecule has 0 unspecified atom stereocenters. The van der Waals surface area contributed by atoms with E-state index >= 15 is 0 Å². The van der Waals surface area contributed by atoms with Gasteiger partial charge in [-0.25, -0.2) is 4.98 Å². The normalized spacial score (nSPS) is 11.8. The standard InChI is InChI=1S/C15H21N3/c1-12-6-5-7-13(8-12)18-11-16-9-14(18)10-17-15(2,3)4/h5-9,11,17H,10H2,1-4H3. The van der Waals surface area contributed by atoms with Crippen LogP contribution in [0.5, 0.6) is 0 Å². The Bertz CT molecular complexity index is 521. The van der Waals surface area contributed by atoms with Crippen LogP contribution in [-0.4, -0.2) is 15.1 Å². The molecule has 0 radical (unpaired) electrons. The third-order valence-electron chi connectivity index (χ3n) is 2.79. The zero-order valence-corrected chi connectivity index (χ0v) is 11.6. The quantitative estimate of drug-likeness (QED) is 0.898. The topological polar surface area (TPSA) is 29.9 Å². The van der Waals surface area contributed by atoms with Crippen molar-refractivity contribution in [3.63, 3.8) is 0 Å². The first-order valence-corrected chi connectivity index (χ1v) is 6.29. The van der Waals surface area contributed by atoms with Crippen LogP contribution in [0.15, 0.2) is 36.8 Å². The highest BCUT2D eigenvalue weighted by Gasteiger charge is 2.11. The molecule has 1 aromatic carbocycles. The van der Waals surface area contributed by atoms with Gasteiger partial charge in [0.2, 0.25) is 0 Å². The number of rotatable bonds is 3. The van der Waals surface area contributed by atoms with Crippen LogP contribution in [-0.2, 0) is 6.54 Å². The highest BCUT2D eigenvalue weighted by molar-refractivity contribution is 5.36. The van der Waals surface area contributed by atoms with Gasteiger partial charge in [0, 0.05) is 24.0 Å². The predicted molar refractivity (Wildman–Crippen MR) is 74.9 cm³/mol. The van der Waals surface area contributed by atoms with Crippen LogP contribution in [0.4, 0.5) is 0 Å². The smallest absolute Gasteiger partial charge is 0.0994 e. The van der Waals surface area contributed by atoms with Crippen molar-refractivity contribution in [2.24, 2.45) is 0 Å². The minimum Gasteiger partial charge on any atom is -0.306 e. The van der Waals surface area contributed by atoms with E-state index in [2.05, 4.69) is 66.8 Å². The summed E-state index contributed by atoms with van der Waals surface area (Å²) in [5, 5.41) is 3.49. The summed E-state index contributed by atoms with van der Waals surface area (Å²) >= 11 is 0. The van der Waals surface area contributed by atoms with Gasteiger partial charge in [-0.2, -0.15) is 0 Å². The maximum Gasteiger partial charge on any atom is 0.0994 e. The largest absolute Gasteiger partial charge is 0.306 e. The zero-order chi connectivity index (χ0) is 13.2. The highest BCUT2D eigenvalue weighted by Crippen LogP contribution is 2.13. The Balaban J connectivity index is 2.23. The van der Waals surface area contributed by atoms with Gasteiger partial charge < -0.3 is 9.88 Å². The van der Waals surface area contributed by atoms with Crippen molar-refractivity contribution in [2.45, 2.75) is 39.8 Å². The fourth-order valence-corrected chi connectivity index (χ4v) is 1.82. The van der Waals surface area contributed by atoms with E-state index in [1.165, 1.54) is 16.9 Å². The van der Waals surface area contributed by atoms with Gasteiger partial charge in [0.25, 0.3) is 0 Å². The lowest BCUT2D eigenvalue weighted by atomic mass is 10.1. The Morgan fingerprint density at radius 2 is 2.06 bits per heavy atom. The molecule has 0 spiro atoms. The SMILES string of the molecule is Cc1cccc(-n2cncc2CNC(C)(C)C)c1. The maximum absolute atomic E-state index is 4.25. The van der Waals surface area contributed by atoms with Crippen LogP contribution in [0.1, 0.15) is 32.0 Å². The third-order valence-corrected chi connectivity index (χ3v) is 2.79. The molecule has 0 fully saturated rings. The van der Waals surface area contributed by atoms with Gasteiger partial charge in [0.1, 0.15) is 0 Å². The highest BCUT2D eigenvalue weighted by atomic mass is 15.1. The Kier molecular flexibility index (Phi) is 3.53. The monoisotopic (exact) mass is 243 g/mol. The van der Waals surface area contributed by atoms with Gasteiger partial charge in [-0.3, -0.25) is 0 Å². The predicted octanol–water partition coefficient (Wildman–Crippen LogP) is 3.07. The maximum atomic E-state index is 4.25. The summed E-state index contributed by atoms with van der Waals surface area (Å²) in [6.45, 7) is 9.42. The van der Waals surface area contributed by atoms with Crippen molar-refractivity contribution >= 4 is 0 Å². The molecule has 2 rings (SSSR count). The minimum atomic E-state index is 0.113. The molecule has 0 bridgehead atoms. The van der Waals surface area contributed by atoms with Crippen LogP contribution in [0.2, 0.25) is 0 Å². The summed E-state index contributed by atoms with van der Waals surface area (Å²) in [6.07, 6.45) is 3.79. The van der Waals surface area contributed by atoms with Crippen LogP contribution < -0.4 is 5.32 Å². The zero-order valence-electron chi connectivity index (χ0n) is 11.6. The second-order valence-electron chi connectivity index (χ2n) is 5.70. The van der Waals surface area contributed by atoms with E-state index in [1.807, 2.05) is 12.5 Å². The molecule has 0 amide bonds. The Morgan fingerprint density at radius 1 is 1.28 bits per heavy atom. The van der Waals surface area contributed by atoms with E-state index in [4.69, 9.17) is 0 Å².